The van der Waals surface area contributed by atoms with Gasteiger partial charge in [-0.1, -0.05) is 13.3 Å². The molecule has 5 heteroatoms. The molecule has 0 saturated heterocycles. The van der Waals surface area contributed by atoms with Crippen LogP contribution in [0.3, 0.4) is 0 Å². The summed E-state index contributed by atoms with van der Waals surface area (Å²) < 4.78 is 0. The number of nitrogens with zero attached hydrogens (tertiary/aromatic N) is 1. The van der Waals surface area contributed by atoms with Crippen LogP contribution in [0.5, 0.6) is 0 Å². The van der Waals surface area contributed by atoms with E-state index in [1.54, 1.807) is 13.8 Å². The molecule has 0 radical (unpaired) electrons. The highest BCUT2D eigenvalue weighted by Crippen LogP contribution is 2.15. The molecule has 0 fully saturated rings. The molecule has 0 spiro atoms. The van der Waals surface area contributed by atoms with Gasteiger partial charge in [-0.2, -0.15) is 0 Å². The van der Waals surface area contributed by atoms with Crippen molar-refractivity contribution in [1.29, 1.82) is 0 Å². The molecule has 0 aromatic carbocycles. The van der Waals surface area contributed by atoms with Crippen LogP contribution in [-0.2, 0) is 9.59 Å². The second-order valence-corrected chi connectivity index (χ2v) is 5.29. The number of likely N-dealkylation sites (N-methyl/N-ethyl adjacent to an activating group) is 1. The molecule has 0 aliphatic heterocycles. The van der Waals surface area contributed by atoms with E-state index in [0.29, 0.717) is 13.1 Å². The predicted molar refractivity (Wildman–Crippen MR) is 73.3 cm³/mol. The minimum absolute atomic E-state index is 0.210. The molecule has 106 valence electrons. The fourth-order valence-corrected chi connectivity index (χ4v) is 1.32. The topological polar surface area (TPSA) is 61.4 Å². The number of carbonyl (C=O) groups excluding carboxylic acids is 2. The molecule has 0 bridgehead atoms. The van der Waals surface area contributed by atoms with Crippen molar-refractivity contribution in [2.45, 2.75) is 33.6 Å². The zero-order valence-electron chi connectivity index (χ0n) is 12.3. The van der Waals surface area contributed by atoms with Gasteiger partial charge in [-0.25, -0.2) is 0 Å². The van der Waals surface area contributed by atoms with Gasteiger partial charge < -0.3 is 15.5 Å². The van der Waals surface area contributed by atoms with E-state index in [4.69, 9.17) is 0 Å². The minimum Gasteiger partial charge on any atom is -0.355 e. The van der Waals surface area contributed by atoms with Gasteiger partial charge in [-0.3, -0.25) is 9.59 Å². The third kappa shape index (κ3) is 6.00. The lowest BCUT2D eigenvalue weighted by Crippen LogP contribution is -2.49. The number of rotatable bonds is 8. The number of unbranched alkanes of at least 4 members (excludes halogenated alkanes) is 1. The van der Waals surface area contributed by atoms with Crippen molar-refractivity contribution < 1.29 is 9.59 Å². The highest BCUT2D eigenvalue weighted by molar-refractivity contribution is 6.04. The summed E-state index contributed by atoms with van der Waals surface area (Å²) in [6.45, 7) is 7.31. The van der Waals surface area contributed by atoms with Crippen molar-refractivity contribution in [2.24, 2.45) is 5.41 Å². The Labute approximate surface area is 110 Å². The number of hydrogen-bond donors (Lipinski definition) is 2. The zero-order valence-corrected chi connectivity index (χ0v) is 12.3. The second-order valence-electron chi connectivity index (χ2n) is 5.29. The van der Waals surface area contributed by atoms with Gasteiger partial charge in [0.15, 0.2) is 0 Å². The summed E-state index contributed by atoms with van der Waals surface area (Å²) in [5, 5.41) is 5.58. The zero-order chi connectivity index (χ0) is 14.2. The molecule has 0 atom stereocenters. The van der Waals surface area contributed by atoms with Gasteiger partial charge in [0.2, 0.25) is 11.8 Å². The standard InChI is InChI=1S/C13H27N3O2/c1-6-7-8-14-11(17)13(2,3)12(18)15-9-10-16(4)5/h6-10H2,1-5H3,(H,14,17)(H,15,18). The maximum atomic E-state index is 11.9. The average molecular weight is 257 g/mol. The molecule has 0 rings (SSSR count). The van der Waals surface area contributed by atoms with Gasteiger partial charge >= 0.3 is 0 Å². The first-order valence-electron chi connectivity index (χ1n) is 6.53. The summed E-state index contributed by atoms with van der Waals surface area (Å²) in [5.41, 5.74) is -1.01. The van der Waals surface area contributed by atoms with Crippen molar-refractivity contribution >= 4 is 11.8 Å². The minimum atomic E-state index is -1.01. The van der Waals surface area contributed by atoms with Gasteiger partial charge in [0, 0.05) is 19.6 Å². The van der Waals surface area contributed by atoms with Crippen LogP contribution in [0.1, 0.15) is 33.6 Å². The van der Waals surface area contributed by atoms with Gasteiger partial charge in [-0.05, 0) is 34.4 Å². The molecule has 5 nitrogen and oxygen atoms in total. The lowest BCUT2D eigenvalue weighted by molar-refractivity contribution is -0.141. The van der Waals surface area contributed by atoms with Crippen LogP contribution in [0.15, 0.2) is 0 Å². The van der Waals surface area contributed by atoms with Crippen molar-refractivity contribution in [3.8, 4) is 0 Å². The van der Waals surface area contributed by atoms with Crippen LogP contribution in [-0.4, -0.2) is 50.4 Å². The van der Waals surface area contributed by atoms with Crippen LogP contribution >= 0.6 is 0 Å². The lowest BCUT2D eigenvalue weighted by Gasteiger charge is -2.23. The summed E-state index contributed by atoms with van der Waals surface area (Å²) in [5.74, 6) is -0.434. The van der Waals surface area contributed by atoms with E-state index < -0.39 is 5.41 Å². The Morgan fingerprint density at radius 2 is 1.56 bits per heavy atom. The largest absolute Gasteiger partial charge is 0.355 e. The van der Waals surface area contributed by atoms with Gasteiger partial charge in [-0.15, -0.1) is 0 Å². The molecule has 0 heterocycles. The first-order chi connectivity index (χ1) is 8.32. The molecular formula is C13H27N3O2. The van der Waals surface area contributed by atoms with Crippen molar-refractivity contribution in [2.75, 3.05) is 33.7 Å². The normalized spacial score (nSPS) is 11.4. The van der Waals surface area contributed by atoms with E-state index in [-0.39, 0.29) is 11.8 Å². The highest BCUT2D eigenvalue weighted by Gasteiger charge is 2.35. The van der Waals surface area contributed by atoms with E-state index in [9.17, 15) is 9.59 Å². The Morgan fingerprint density at radius 1 is 1.06 bits per heavy atom. The third-order valence-electron chi connectivity index (χ3n) is 2.80. The van der Waals surface area contributed by atoms with E-state index in [0.717, 1.165) is 19.4 Å². The SMILES string of the molecule is CCCCNC(=O)C(C)(C)C(=O)NCCN(C)C. The van der Waals surface area contributed by atoms with Crippen molar-refractivity contribution in [3.05, 3.63) is 0 Å². The quantitative estimate of drug-likeness (QED) is 0.494. The highest BCUT2D eigenvalue weighted by atomic mass is 16.2. The van der Waals surface area contributed by atoms with Crippen LogP contribution < -0.4 is 10.6 Å². The Hall–Kier alpha value is -1.10. The number of hydrogen-bond acceptors (Lipinski definition) is 3. The first-order valence-corrected chi connectivity index (χ1v) is 6.53. The number of carbonyl (C=O) groups is 2. The predicted octanol–water partition coefficient (Wildman–Crippen LogP) is 0.607. The molecule has 2 N–H and O–H groups in total. The Bertz CT molecular complexity index is 275. The Morgan fingerprint density at radius 3 is 2.00 bits per heavy atom. The van der Waals surface area contributed by atoms with Crippen LogP contribution in [0, 0.1) is 5.41 Å². The van der Waals surface area contributed by atoms with Gasteiger partial charge in [0.25, 0.3) is 0 Å². The third-order valence-corrected chi connectivity index (χ3v) is 2.80. The van der Waals surface area contributed by atoms with Crippen LogP contribution in [0.25, 0.3) is 0 Å². The fraction of sp³-hybridized carbons (Fsp3) is 0.846. The maximum absolute atomic E-state index is 11.9. The van der Waals surface area contributed by atoms with Crippen LogP contribution in [0.2, 0.25) is 0 Å². The smallest absolute Gasteiger partial charge is 0.235 e. The molecule has 18 heavy (non-hydrogen) atoms. The first kappa shape index (κ1) is 16.9. The van der Waals surface area contributed by atoms with E-state index in [1.165, 1.54) is 0 Å². The summed E-state index contributed by atoms with van der Waals surface area (Å²) in [7, 11) is 3.88. The number of nitrogens with one attached hydrogen (secondary N) is 2. The summed E-state index contributed by atoms with van der Waals surface area (Å²) in [6, 6.07) is 0. The Kier molecular flexibility index (Phi) is 7.59. The van der Waals surface area contributed by atoms with Crippen LogP contribution in [0.4, 0.5) is 0 Å². The summed E-state index contributed by atoms with van der Waals surface area (Å²) in [4.78, 5) is 25.8. The fourth-order valence-electron chi connectivity index (χ4n) is 1.32. The van der Waals surface area contributed by atoms with E-state index in [2.05, 4.69) is 17.6 Å². The monoisotopic (exact) mass is 257 g/mol. The molecule has 0 unspecified atom stereocenters. The molecule has 0 aromatic rings. The summed E-state index contributed by atoms with van der Waals surface area (Å²) >= 11 is 0. The maximum Gasteiger partial charge on any atom is 0.235 e. The molecule has 2 amide bonds. The van der Waals surface area contributed by atoms with Gasteiger partial charge in [0.05, 0.1) is 0 Å². The second kappa shape index (κ2) is 8.08. The molecule has 0 saturated carbocycles. The molecule has 0 aromatic heterocycles. The summed E-state index contributed by atoms with van der Waals surface area (Å²) in [6.07, 6.45) is 1.96. The van der Waals surface area contributed by atoms with Crippen molar-refractivity contribution in [1.82, 2.24) is 15.5 Å². The Balaban J connectivity index is 4.16. The number of amides is 2. The lowest BCUT2D eigenvalue weighted by atomic mass is 9.91. The molecular weight excluding hydrogens is 230 g/mol. The van der Waals surface area contributed by atoms with Crippen molar-refractivity contribution in [3.63, 3.8) is 0 Å². The average Bonchev–Trinajstić information content (AvgIpc) is 2.28. The van der Waals surface area contributed by atoms with E-state index >= 15 is 0 Å². The van der Waals surface area contributed by atoms with E-state index in [1.807, 2.05) is 19.0 Å². The molecule has 0 aliphatic carbocycles. The van der Waals surface area contributed by atoms with Gasteiger partial charge in [0.1, 0.15) is 5.41 Å². The molecule has 0 aliphatic rings.